The summed E-state index contributed by atoms with van der Waals surface area (Å²) in [6, 6.07) is 4.24. The van der Waals surface area contributed by atoms with Gasteiger partial charge in [-0.2, -0.15) is 13.2 Å². The van der Waals surface area contributed by atoms with E-state index in [4.69, 9.17) is 0 Å². The molecule has 0 atom stereocenters. The van der Waals surface area contributed by atoms with E-state index in [0.717, 1.165) is 23.5 Å². The van der Waals surface area contributed by atoms with Gasteiger partial charge in [-0.25, -0.2) is 4.98 Å². The van der Waals surface area contributed by atoms with Gasteiger partial charge < -0.3 is 14.8 Å². The molecule has 1 aromatic heterocycles. The highest BCUT2D eigenvalue weighted by atomic mass is 19.4. The van der Waals surface area contributed by atoms with Gasteiger partial charge in [-0.05, 0) is 24.3 Å². The van der Waals surface area contributed by atoms with Gasteiger partial charge in [-0.3, -0.25) is 9.59 Å². The Labute approximate surface area is 160 Å². The molecule has 0 radical (unpaired) electrons. The van der Waals surface area contributed by atoms with E-state index >= 15 is 0 Å². The van der Waals surface area contributed by atoms with Crippen LogP contribution in [0.5, 0.6) is 0 Å². The summed E-state index contributed by atoms with van der Waals surface area (Å²) in [4.78, 5) is 30.3. The molecule has 0 spiro atoms. The summed E-state index contributed by atoms with van der Waals surface area (Å²) in [6.07, 6.45) is -3.49. The average Bonchev–Trinajstić information content (AvgIpc) is 3.00. The molecule has 2 amide bonds. The number of benzene rings is 1. The third-order valence-corrected chi connectivity index (χ3v) is 4.86. The van der Waals surface area contributed by atoms with Gasteiger partial charge in [0.15, 0.2) is 0 Å². The van der Waals surface area contributed by atoms with Gasteiger partial charge in [0.2, 0.25) is 5.91 Å². The van der Waals surface area contributed by atoms with Crippen molar-refractivity contribution in [2.45, 2.75) is 39.0 Å². The van der Waals surface area contributed by atoms with Crippen LogP contribution in [0.15, 0.2) is 24.3 Å². The van der Waals surface area contributed by atoms with Crippen LogP contribution in [0.1, 0.15) is 46.5 Å². The lowest BCUT2D eigenvalue weighted by molar-refractivity contribution is -0.137. The zero-order chi connectivity index (χ0) is 20.5. The maximum absolute atomic E-state index is 12.7. The smallest absolute Gasteiger partial charge is 0.349 e. The summed E-state index contributed by atoms with van der Waals surface area (Å²) in [5.74, 6) is 0.317. The topological polar surface area (TPSA) is 67.2 Å². The Morgan fingerprint density at radius 1 is 1.21 bits per heavy atom. The van der Waals surface area contributed by atoms with Crippen molar-refractivity contribution in [3.8, 4) is 0 Å². The summed E-state index contributed by atoms with van der Waals surface area (Å²) in [5.41, 5.74) is 1.18. The normalized spacial score (nSPS) is 14.0. The van der Waals surface area contributed by atoms with Crippen molar-refractivity contribution in [3.63, 3.8) is 0 Å². The van der Waals surface area contributed by atoms with Gasteiger partial charge in [0, 0.05) is 32.0 Å². The van der Waals surface area contributed by atoms with E-state index in [-0.39, 0.29) is 17.4 Å². The van der Waals surface area contributed by atoms with Crippen LogP contribution in [-0.2, 0) is 37.5 Å². The minimum atomic E-state index is -4.43. The number of carbonyl (C=O) groups excluding carboxylic acids is 2. The first-order chi connectivity index (χ1) is 13.2. The molecule has 2 heterocycles. The van der Waals surface area contributed by atoms with Crippen molar-refractivity contribution in [2.24, 2.45) is 7.05 Å². The first-order valence-corrected chi connectivity index (χ1v) is 8.97. The molecular formula is C19H21F3N4O2. The molecular weight excluding hydrogens is 373 g/mol. The van der Waals surface area contributed by atoms with E-state index in [1.165, 1.54) is 12.1 Å². The maximum Gasteiger partial charge on any atom is 0.416 e. The maximum atomic E-state index is 12.7. The van der Waals surface area contributed by atoms with Crippen molar-refractivity contribution in [1.29, 1.82) is 0 Å². The Kier molecular flexibility index (Phi) is 5.44. The van der Waals surface area contributed by atoms with Crippen molar-refractivity contribution >= 4 is 11.8 Å². The number of rotatable bonds is 4. The standard InChI is InChI=1S/C19H21F3N4O2/c1-3-17(27)23-10-16-24-14-8-9-26(11-15(14)25(16)2)18(28)12-4-6-13(7-5-12)19(20,21)22/h4-7H,3,8-11H2,1-2H3,(H,23,27). The number of alkyl halides is 3. The van der Waals surface area contributed by atoms with Crippen LogP contribution >= 0.6 is 0 Å². The molecule has 6 nitrogen and oxygen atoms in total. The first kappa shape index (κ1) is 19.9. The fourth-order valence-electron chi connectivity index (χ4n) is 3.16. The van der Waals surface area contributed by atoms with E-state index in [0.29, 0.717) is 38.3 Å². The lowest BCUT2D eigenvalue weighted by Crippen LogP contribution is -2.36. The largest absolute Gasteiger partial charge is 0.416 e. The van der Waals surface area contributed by atoms with Gasteiger partial charge in [-0.1, -0.05) is 6.92 Å². The van der Waals surface area contributed by atoms with Crippen molar-refractivity contribution in [1.82, 2.24) is 19.8 Å². The third-order valence-electron chi connectivity index (χ3n) is 4.86. The molecule has 0 bridgehead atoms. The van der Waals surface area contributed by atoms with Gasteiger partial charge in [0.05, 0.1) is 30.0 Å². The van der Waals surface area contributed by atoms with Crippen LogP contribution in [0.2, 0.25) is 0 Å². The number of halogens is 3. The number of hydrogen-bond acceptors (Lipinski definition) is 3. The number of carbonyl (C=O) groups is 2. The summed E-state index contributed by atoms with van der Waals surface area (Å²) in [5, 5.41) is 2.78. The molecule has 0 saturated carbocycles. The molecule has 9 heteroatoms. The summed E-state index contributed by atoms with van der Waals surface area (Å²) in [6.45, 7) is 2.83. The minimum absolute atomic E-state index is 0.0694. The van der Waals surface area contributed by atoms with Gasteiger partial charge in [0.25, 0.3) is 5.91 Å². The van der Waals surface area contributed by atoms with Crippen LogP contribution in [0.25, 0.3) is 0 Å². The molecule has 28 heavy (non-hydrogen) atoms. The van der Waals surface area contributed by atoms with Crippen molar-refractivity contribution in [3.05, 3.63) is 52.6 Å². The highest BCUT2D eigenvalue weighted by Gasteiger charge is 2.31. The van der Waals surface area contributed by atoms with E-state index in [1.54, 1.807) is 11.8 Å². The van der Waals surface area contributed by atoms with Gasteiger partial charge >= 0.3 is 6.18 Å². The molecule has 1 aromatic carbocycles. The molecule has 1 aliphatic rings. The number of amides is 2. The quantitative estimate of drug-likeness (QED) is 0.867. The number of aromatic nitrogens is 2. The van der Waals surface area contributed by atoms with Crippen molar-refractivity contribution in [2.75, 3.05) is 6.54 Å². The fourth-order valence-corrected chi connectivity index (χ4v) is 3.16. The van der Waals surface area contributed by atoms with Crippen molar-refractivity contribution < 1.29 is 22.8 Å². The molecule has 3 rings (SSSR count). The Morgan fingerprint density at radius 2 is 1.89 bits per heavy atom. The Balaban J connectivity index is 1.73. The highest BCUT2D eigenvalue weighted by Crippen LogP contribution is 2.29. The lowest BCUT2D eigenvalue weighted by Gasteiger charge is -2.27. The van der Waals surface area contributed by atoms with E-state index in [1.807, 2.05) is 11.6 Å². The molecule has 1 aliphatic heterocycles. The molecule has 150 valence electrons. The monoisotopic (exact) mass is 394 g/mol. The average molecular weight is 394 g/mol. The number of fused-ring (bicyclic) bond motifs is 1. The number of nitrogens with one attached hydrogen (secondary N) is 1. The van der Waals surface area contributed by atoms with Gasteiger partial charge in [-0.15, -0.1) is 0 Å². The molecule has 2 aromatic rings. The second kappa shape index (κ2) is 7.65. The molecule has 0 unspecified atom stereocenters. The second-order valence-electron chi connectivity index (χ2n) is 6.66. The molecule has 1 N–H and O–H groups in total. The molecule has 0 fully saturated rings. The summed E-state index contributed by atoms with van der Waals surface area (Å²) >= 11 is 0. The Morgan fingerprint density at radius 3 is 2.50 bits per heavy atom. The third kappa shape index (κ3) is 4.02. The van der Waals surface area contributed by atoms with Gasteiger partial charge in [0.1, 0.15) is 5.82 Å². The predicted molar refractivity (Wildman–Crippen MR) is 95.2 cm³/mol. The molecule has 0 aliphatic carbocycles. The molecule has 0 saturated heterocycles. The number of hydrogen-bond donors (Lipinski definition) is 1. The number of imidazole rings is 1. The van der Waals surface area contributed by atoms with Crippen LogP contribution in [0.3, 0.4) is 0 Å². The lowest BCUT2D eigenvalue weighted by atomic mass is 10.1. The van der Waals surface area contributed by atoms with E-state index in [2.05, 4.69) is 10.3 Å². The second-order valence-corrected chi connectivity index (χ2v) is 6.66. The van der Waals surface area contributed by atoms with Crippen LogP contribution < -0.4 is 5.32 Å². The SMILES string of the molecule is CCC(=O)NCc1nc2c(n1C)CN(C(=O)c1ccc(C(F)(F)F)cc1)CC2. The zero-order valence-electron chi connectivity index (χ0n) is 15.6. The first-order valence-electron chi connectivity index (χ1n) is 8.97. The van der Waals surface area contributed by atoms with E-state index < -0.39 is 11.7 Å². The Hall–Kier alpha value is -2.84. The van der Waals surface area contributed by atoms with Crippen LogP contribution in [0, 0.1) is 0 Å². The predicted octanol–water partition coefficient (Wildman–Crippen LogP) is 2.66. The summed E-state index contributed by atoms with van der Waals surface area (Å²) in [7, 11) is 1.82. The fraction of sp³-hybridized carbons (Fsp3) is 0.421. The zero-order valence-corrected chi connectivity index (χ0v) is 15.6. The van der Waals surface area contributed by atoms with Crippen LogP contribution in [-0.4, -0.2) is 32.8 Å². The summed E-state index contributed by atoms with van der Waals surface area (Å²) < 4.78 is 39.9. The van der Waals surface area contributed by atoms with E-state index in [9.17, 15) is 22.8 Å². The van der Waals surface area contributed by atoms with Crippen LogP contribution in [0.4, 0.5) is 13.2 Å². The highest BCUT2D eigenvalue weighted by molar-refractivity contribution is 5.94. The minimum Gasteiger partial charge on any atom is -0.349 e. The number of nitrogens with zero attached hydrogens (tertiary/aromatic N) is 3. The Bertz CT molecular complexity index is 888.